The van der Waals surface area contributed by atoms with Crippen LogP contribution in [-0.4, -0.2) is 43.5 Å². The Balaban J connectivity index is 1.61. The van der Waals surface area contributed by atoms with Crippen molar-refractivity contribution in [1.29, 1.82) is 0 Å². The molecule has 0 spiro atoms. The molecule has 0 aliphatic rings. The van der Waals surface area contributed by atoms with Gasteiger partial charge >= 0.3 is 0 Å². The fourth-order valence-corrected chi connectivity index (χ4v) is 6.54. The minimum Gasteiger partial charge on any atom is -0.486 e. The predicted molar refractivity (Wildman–Crippen MR) is 161 cm³/mol. The van der Waals surface area contributed by atoms with Gasteiger partial charge in [0.1, 0.15) is 31.1 Å². The third-order valence-corrected chi connectivity index (χ3v) is 8.65. The smallest absolute Gasteiger partial charge is 0.257 e. The van der Waals surface area contributed by atoms with Crippen molar-refractivity contribution >= 4 is 51.4 Å². The maximum absolute atomic E-state index is 14.3. The first-order valence-corrected chi connectivity index (χ1v) is 17.3. The van der Waals surface area contributed by atoms with E-state index in [1.807, 2.05) is 0 Å². The molecule has 14 heteroatoms. The topological polar surface area (TPSA) is 119 Å². The number of amides is 1. The fourth-order valence-electron chi connectivity index (χ4n) is 4.37. The van der Waals surface area contributed by atoms with Crippen molar-refractivity contribution in [2.45, 2.75) is 13.5 Å². The third kappa shape index (κ3) is 7.56. The van der Waals surface area contributed by atoms with Gasteiger partial charge in [0.25, 0.3) is 5.91 Å². The average Bonchev–Trinajstić information content (AvgIpc) is 3.23. The Bertz CT molecular complexity index is 1860. The van der Waals surface area contributed by atoms with Gasteiger partial charge in [-0.15, -0.1) is 0 Å². The van der Waals surface area contributed by atoms with E-state index in [4.69, 9.17) is 16.3 Å². The lowest BCUT2D eigenvalue weighted by Gasteiger charge is -2.17. The van der Waals surface area contributed by atoms with E-state index < -0.39 is 34.7 Å². The minimum atomic E-state index is -3.57. The van der Waals surface area contributed by atoms with Gasteiger partial charge in [-0.3, -0.25) is 9.52 Å². The summed E-state index contributed by atoms with van der Waals surface area (Å²) in [6.45, 7) is 4.68. The van der Waals surface area contributed by atoms with Gasteiger partial charge in [0.15, 0.2) is 5.75 Å². The number of nitrogens with zero attached hydrogens (tertiary/aromatic N) is 2. The molecule has 0 unspecified atom stereocenters. The first kappa shape index (κ1) is 31.2. The number of aromatic nitrogens is 2. The van der Waals surface area contributed by atoms with Crippen LogP contribution in [0.3, 0.4) is 0 Å². The van der Waals surface area contributed by atoms with Gasteiger partial charge in [0.2, 0.25) is 10.0 Å². The summed E-state index contributed by atoms with van der Waals surface area (Å²) in [7, 11) is -4.68. The van der Waals surface area contributed by atoms with E-state index in [0.717, 1.165) is 18.5 Å². The van der Waals surface area contributed by atoms with Crippen molar-refractivity contribution in [3.05, 3.63) is 88.2 Å². The van der Waals surface area contributed by atoms with Gasteiger partial charge in [-0.25, -0.2) is 22.2 Å². The number of anilines is 2. The number of rotatable bonds is 9. The van der Waals surface area contributed by atoms with Crippen molar-refractivity contribution in [1.82, 2.24) is 9.55 Å². The maximum Gasteiger partial charge on any atom is 0.257 e. The minimum absolute atomic E-state index is 0.0517. The molecule has 2 aromatic heterocycles. The van der Waals surface area contributed by atoms with Crippen LogP contribution in [0.4, 0.5) is 20.2 Å². The standard InChI is InChI=1S/C28H28ClF2N4O5PS/c1-16-18(6-20(30)11-26(16)41(3,4)37)15-40-25-10-21(31)13-32-27(25)24-7-17(14-35(24)2)28(36)33-22-8-19(29)9-23(12-22)34-42(5,38)39/h6-14,34H,15H2,1-5H3,(H,33,36). The molecule has 2 N–H and O–H groups in total. The maximum atomic E-state index is 14.3. The molecule has 0 saturated carbocycles. The summed E-state index contributed by atoms with van der Waals surface area (Å²) in [5.41, 5.74) is 2.35. The summed E-state index contributed by atoms with van der Waals surface area (Å²) in [6, 6.07) is 9.46. The number of hydrogen-bond acceptors (Lipinski definition) is 6. The fraction of sp³-hybridized carbons (Fsp3) is 0.214. The number of hydrogen-bond donors (Lipinski definition) is 2. The Labute approximate surface area is 247 Å². The van der Waals surface area contributed by atoms with Crippen LogP contribution in [-0.2, 0) is 28.2 Å². The van der Waals surface area contributed by atoms with Crippen LogP contribution in [0.1, 0.15) is 21.5 Å². The van der Waals surface area contributed by atoms with E-state index >= 15 is 0 Å². The van der Waals surface area contributed by atoms with Crippen LogP contribution in [0.5, 0.6) is 5.75 Å². The van der Waals surface area contributed by atoms with Gasteiger partial charge in [-0.05, 0) is 67.8 Å². The average molecular weight is 637 g/mol. The van der Waals surface area contributed by atoms with Crippen molar-refractivity contribution < 1.29 is 31.3 Å². The SMILES string of the molecule is Cc1c(COc2cc(F)cnc2-c2cc(C(=O)Nc3cc(Cl)cc(NS(C)(=O)=O)c3)cn2C)cc(F)cc1P(C)(C)=O. The van der Waals surface area contributed by atoms with Crippen LogP contribution in [0.25, 0.3) is 11.4 Å². The lowest BCUT2D eigenvalue weighted by Crippen LogP contribution is -2.13. The largest absolute Gasteiger partial charge is 0.486 e. The highest BCUT2D eigenvalue weighted by molar-refractivity contribution is 7.92. The van der Waals surface area contributed by atoms with Crippen LogP contribution < -0.4 is 20.1 Å². The molecule has 0 bridgehead atoms. The van der Waals surface area contributed by atoms with E-state index in [1.165, 1.54) is 42.6 Å². The summed E-state index contributed by atoms with van der Waals surface area (Å²) in [5, 5.41) is 3.27. The molecule has 4 aromatic rings. The number of benzene rings is 2. The highest BCUT2D eigenvalue weighted by Crippen LogP contribution is 2.37. The van der Waals surface area contributed by atoms with Gasteiger partial charge in [-0.1, -0.05) is 11.6 Å². The van der Waals surface area contributed by atoms with E-state index in [-0.39, 0.29) is 40.0 Å². The number of sulfonamides is 1. The molecule has 0 aliphatic heterocycles. The van der Waals surface area contributed by atoms with Gasteiger partial charge in [0, 0.05) is 35.3 Å². The summed E-state index contributed by atoms with van der Waals surface area (Å²) in [6.07, 6.45) is 3.53. The lowest BCUT2D eigenvalue weighted by molar-refractivity contribution is 0.102. The van der Waals surface area contributed by atoms with Crippen LogP contribution in [0, 0.1) is 18.6 Å². The van der Waals surface area contributed by atoms with Crippen molar-refractivity contribution in [2.24, 2.45) is 7.05 Å². The van der Waals surface area contributed by atoms with E-state index in [9.17, 15) is 26.6 Å². The second-order valence-electron chi connectivity index (χ2n) is 10.1. The lowest BCUT2D eigenvalue weighted by atomic mass is 10.1. The molecular weight excluding hydrogens is 609 g/mol. The Kier molecular flexibility index (Phi) is 8.82. The summed E-state index contributed by atoms with van der Waals surface area (Å²) in [5.74, 6) is -1.70. The second-order valence-corrected chi connectivity index (χ2v) is 15.5. The first-order chi connectivity index (χ1) is 19.5. The monoisotopic (exact) mass is 636 g/mol. The molecular formula is C28H28ClF2N4O5PS. The number of halogens is 3. The molecule has 1 amide bonds. The van der Waals surface area contributed by atoms with Crippen molar-refractivity contribution in [2.75, 3.05) is 29.6 Å². The van der Waals surface area contributed by atoms with E-state index in [0.29, 0.717) is 22.1 Å². The number of ether oxygens (including phenoxy) is 1. The predicted octanol–water partition coefficient (Wildman–Crippen LogP) is 5.78. The molecule has 42 heavy (non-hydrogen) atoms. The molecule has 4 rings (SSSR count). The molecule has 0 saturated heterocycles. The molecule has 9 nitrogen and oxygen atoms in total. The number of nitrogens with one attached hydrogen (secondary N) is 2. The molecule has 0 aliphatic carbocycles. The van der Waals surface area contributed by atoms with E-state index in [1.54, 1.807) is 31.9 Å². The van der Waals surface area contributed by atoms with Crippen LogP contribution >= 0.6 is 18.7 Å². The summed E-state index contributed by atoms with van der Waals surface area (Å²) >= 11 is 6.09. The van der Waals surface area contributed by atoms with Crippen LogP contribution in [0.2, 0.25) is 5.02 Å². The zero-order valence-corrected chi connectivity index (χ0v) is 25.8. The normalized spacial score (nSPS) is 11.8. The van der Waals surface area contributed by atoms with Crippen molar-refractivity contribution in [3.8, 4) is 17.1 Å². The van der Waals surface area contributed by atoms with Crippen molar-refractivity contribution in [3.63, 3.8) is 0 Å². The highest BCUT2D eigenvalue weighted by Gasteiger charge is 2.21. The molecule has 0 atom stereocenters. The Morgan fingerprint density at radius 3 is 2.43 bits per heavy atom. The van der Waals surface area contributed by atoms with Gasteiger partial charge < -0.3 is 19.2 Å². The second kappa shape index (κ2) is 11.9. The summed E-state index contributed by atoms with van der Waals surface area (Å²) in [4.78, 5) is 17.3. The third-order valence-electron chi connectivity index (χ3n) is 6.20. The zero-order valence-electron chi connectivity index (χ0n) is 23.3. The Hall–Kier alpha value is -3.73. The first-order valence-electron chi connectivity index (χ1n) is 12.4. The number of carbonyl (C=O) groups is 1. The van der Waals surface area contributed by atoms with E-state index in [2.05, 4.69) is 15.0 Å². The molecule has 0 fully saturated rings. The van der Waals surface area contributed by atoms with Gasteiger partial charge in [0.05, 0.1) is 29.4 Å². The van der Waals surface area contributed by atoms with Crippen LogP contribution in [0.15, 0.2) is 54.9 Å². The number of carbonyl (C=O) groups excluding carboxylic acids is 1. The molecule has 2 aromatic carbocycles. The van der Waals surface area contributed by atoms with Gasteiger partial charge in [-0.2, -0.15) is 0 Å². The Morgan fingerprint density at radius 2 is 1.76 bits per heavy atom. The quantitative estimate of drug-likeness (QED) is 0.225. The number of aryl methyl sites for hydroxylation is 1. The highest BCUT2D eigenvalue weighted by atomic mass is 35.5. The molecule has 2 heterocycles. The zero-order chi connectivity index (χ0) is 31.0. The Morgan fingerprint density at radius 1 is 1.07 bits per heavy atom. The molecule has 0 radical (unpaired) electrons. The molecule has 222 valence electrons. The summed E-state index contributed by atoms with van der Waals surface area (Å²) < 4.78 is 74.2. The number of pyridine rings is 1.